The number of hydrogen-bond donors (Lipinski definition) is 1. The van der Waals surface area contributed by atoms with Crippen molar-refractivity contribution in [2.45, 2.75) is 33.6 Å². The first kappa shape index (κ1) is 15.4. The zero-order valence-electron chi connectivity index (χ0n) is 11.8. The molecule has 3 heteroatoms. The summed E-state index contributed by atoms with van der Waals surface area (Å²) < 4.78 is 5.90. The lowest BCUT2D eigenvalue weighted by molar-refractivity contribution is 0.314. The molecule has 102 valence electrons. The highest BCUT2D eigenvalue weighted by Crippen LogP contribution is 2.25. The Balaban J connectivity index is 2.54. The third-order valence-electron chi connectivity index (χ3n) is 2.84. The molecule has 0 bridgehead atoms. The minimum Gasteiger partial charge on any atom is -0.493 e. The zero-order chi connectivity index (χ0) is 13.4. The van der Waals surface area contributed by atoms with E-state index in [-0.39, 0.29) is 0 Å². The zero-order valence-corrected chi connectivity index (χ0v) is 12.6. The van der Waals surface area contributed by atoms with Crippen LogP contribution in [0.1, 0.15) is 30.0 Å². The van der Waals surface area contributed by atoms with Crippen LogP contribution >= 0.6 is 11.8 Å². The van der Waals surface area contributed by atoms with E-state index in [4.69, 9.17) is 10.5 Å². The van der Waals surface area contributed by atoms with Gasteiger partial charge in [0, 0.05) is 0 Å². The molecule has 0 aromatic heterocycles. The first-order valence-electron chi connectivity index (χ1n) is 6.69. The van der Waals surface area contributed by atoms with Crippen LogP contribution in [0.2, 0.25) is 0 Å². The van der Waals surface area contributed by atoms with Gasteiger partial charge in [0.15, 0.2) is 0 Å². The number of benzene rings is 1. The van der Waals surface area contributed by atoms with Crippen molar-refractivity contribution in [3.63, 3.8) is 0 Å². The molecule has 0 unspecified atom stereocenters. The average molecular weight is 267 g/mol. The lowest BCUT2D eigenvalue weighted by Crippen LogP contribution is -2.05. The highest BCUT2D eigenvalue weighted by atomic mass is 32.2. The summed E-state index contributed by atoms with van der Waals surface area (Å²) >= 11 is 1.97. The molecule has 0 radical (unpaired) electrons. The maximum absolute atomic E-state index is 5.90. The lowest BCUT2D eigenvalue weighted by atomic mass is 10.0. The smallest absolute Gasteiger partial charge is 0.125 e. The van der Waals surface area contributed by atoms with Crippen LogP contribution in [0.3, 0.4) is 0 Å². The molecule has 18 heavy (non-hydrogen) atoms. The van der Waals surface area contributed by atoms with Gasteiger partial charge in [-0.05, 0) is 61.4 Å². The van der Waals surface area contributed by atoms with Crippen LogP contribution in [0.15, 0.2) is 12.1 Å². The minimum atomic E-state index is 0.702. The van der Waals surface area contributed by atoms with Crippen molar-refractivity contribution < 1.29 is 4.74 Å². The van der Waals surface area contributed by atoms with E-state index >= 15 is 0 Å². The van der Waals surface area contributed by atoms with Crippen molar-refractivity contribution in [2.75, 3.05) is 24.7 Å². The van der Waals surface area contributed by atoms with Crippen molar-refractivity contribution >= 4 is 11.8 Å². The summed E-state index contributed by atoms with van der Waals surface area (Å²) in [6.07, 6.45) is 2.05. The van der Waals surface area contributed by atoms with Crippen LogP contribution in [0.5, 0.6) is 5.75 Å². The normalized spacial score (nSPS) is 10.7. The van der Waals surface area contributed by atoms with Crippen molar-refractivity contribution in [3.8, 4) is 5.75 Å². The second-order valence-corrected chi connectivity index (χ2v) is 5.89. The van der Waals surface area contributed by atoms with E-state index in [9.17, 15) is 0 Å². The van der Waals surface area contributed by atoms with Crippen LogP contribution < -0.4 is 10.5 Å². The van der Waals surface area contributed by atoms with Gasteiger partial charge in [-0.1, -0.05) is 19.1 Å². The molecular weight excluding hydrogens is 242 g/mol. The van der Waals surface area contributed by atoms with Crippen LogP contribution in [-0.2, 0) is 6.42 Å². The Morgan fingerprint density at radius 3 is 2.44 bits per heavy atom. The van der Waals surface area contributed by atoms with Gasteiger partial charge in [0.25, 0.3) is 0 Å². The Hall–Kier alpha value is -0.670. The molecule has 1 aromatic carbocycles. The van der Waals surface area contributed by atoms with E-state index in [1.807, 2.05) is 11.8 Å². The molecular formula is C15H25NOS. The van der Waals surface area contributed by atoms with E-state index in [0.29, 0.717) is 6.54 Å². The predicted octanol–water partition coefficient (Wildman–Crippen LogP) is 3.33. The number of nitrogens with two attached hydrogens (primary N) is 1. The standard InChI is InChI=1S/C15H25NOS/c1-4-18-9-5-8-17-15-12(2)10-14(6-7-16)11-13(15)3/h10-11H,4-9,16H2,1-3H3. The van der Waals surface area contributed by atoms with Crippen LogP contribution in [0.4, 0.5) is 0 Å². The van der Waals surface area contributed by atoms with Gasteiger partial charge in [-0.2, -0.15) is 11.8 Å². The van der Waals surface area contributed by atoms with E-state index in [1.54, 1.807) is 0 Å². The van der Waals surface area contributed by atoms with Crippen molar-refractivity contribution in [1.29, 1.82) is 0 Å². The average Bonchev–Trinajstić information content (AvgIpc) is 2.32. The summed E-state index contributed by atoms with van der Waals surface area (Å²) in [4.78, 5) is 0. The fraction of sp³-hybridized carbons (Fsp3) is 0.600. The summed E-state index contributed by atoms with van der Waals surface area (Å²) in [5.41, 5.74) is 9.35. The van der Waals surface area contributed by atoms with E-state index < -0.39 is 0 Å². The second kappa shape index (κ2) is 8.44. The molecule has 0 atom stereocenters. The van der Waals surface area contributed by atoms with Gasteiger partial charge in [0.2, 0.25) is 0 Å². The number of hydrogen-bond acceptors (Lipinski definition) is 3. The summed E-state index contributed by atoms with van der Waals surface area (Å²) in [6, 6.07) is 4.38. The fourth-order valence-electron chi connectivity index (χ4n) is 2.06. The first-order valence-corrected chi connectivity index (χ1v) is 7.85. The van der Waals surface area contributed by atoms with Gasteiger partial charge < -0.3 is 10.5 Å². The molecule has 0 fully saturated rings. The van der Waals surface area contributed by atoms with E-state index in [2.05, 4.69) is 32.9 Å². The molecule has 0 heterocycles. The van der Waals surface area contributed by atoms with Gasteiger partial charge in [0.1, 0.15) is 5.75 Å². The number of ether oxygens (including phenoxy) is 1. The number of aryl methyl sites for hydroxylation is 2. The number of thioether (sulfide) groups is 1. The summed E-state index contributed by atoms with van der Waals surface area (Å²) in [5, 5.41) is 0. The highest BCUT2D eigenvalue weighted by molar-refractivity contribution is 7.99. The van der Waals surface area contributed by atoms with Gasteiger partial charge in [-0.15, -0.1) is 0 Å². The van der Waals surface area contributed by atoms with Crippen molar-refractivity contribution in [2.24, 2.45) is 5.73 Å². The molecule has 0 spiro atoms. The molecule has 0 amide bonds. The molecule has 0 saturated carbocycles. The Bertz CT molecular complexity index is 343. The lowest BCUT2D eigenvalue weighted by Gasteiger charge is -2.14. The summed E-state index contributed by atoms with van der Waals surface area (Å²) in [6.45, 7) is 7.93. The molecule has 0 aliphatic carbocycles. The molecule has 1 aromatic rings. The first-order chi connectivity index (χ1) is 8.69. The predicted molar refractivity (Wildman–Crippen MR) is 81.8 cm³/mol. The third kappa shape index (κ3) is 4.91. The Labute approximate surface area is 115 Å². The Morgan fingerprint density at radius 1 is 1.22 bits per heavy atom. The fourth-order valence-corrected chi connectivity index (χ4v) is 2.67. The van der Waals surface area contributed by atoms with Crippen molar-refractivity contribution in [1.82, 2.24) is 0 Å². The van der Waals surface area contributed by atoms with Gasteiger partial charge in [-0.3, -0.25) is 0 Å². The second-order valence-electron chi connectivity index (χ2n) is 4.50. The van der Waals surface area contributed by atoms with Gasteiger partial charge in [-0.25, -0.2) is 0 Å². The maximum Gasteiger partial charge on any atom is 0.125 e. The quantitative estimate of drug-likeness (QED) is 0.734. The molecule has 2 nitrogen and oxygen atoms in total. The monoisotopic (exact) mass is 267 g/mol. The molecule has 0 aliphatic rings. The molecule has 0 saturated heterocycles. The minimum absolute atomic E-state index is 0.702. The number of rotatable bonds is 8. The maximum atomic E-state index is 5.90. The van der Waals surface area contributed by atoms with Crippen molar-refractivity contribution in [3.05, 3.63) is 28.8 Å². The van der Waals surface area contributed by atoms with Gasteiger partial charge >= 0.3 is 0 Å². The SMILES string of the molecule is CCSCCCOc1c(C)cc(CCN)cc1C. The largest absolute Gasteiger partial charge is 0.493 e. The van der Waals surface area contributed by atoms with Gasteiger partial charge in [0.05, 0.1) is 6.61 Å². The van der Waals surface area contributed by atoms with Crippen LogP contribution in [0, 0.1) is 13.8 Å². The van der Waals surface area contributed by atoms with Crippen LogP contribution in [-0.4, -0.2) is 24.7 Å². The molecule has 1 rings (SSSR count). The Kier molecular flexibility index (Phi) is 7.21. The van der Waals surface area contributed by atoms with E-state index in [0.717, 1.165) is 25.2 Å². The topological polar surface area (TPSA) is 35.2 Å². The molecule has 2 N–H and O–H groups in total. The van der Waals surface area contributed by atoms with Crippen LogP contribution in [0.25, 0.3) is 0 Å². The summed E-state index contributed by atoms with van der Waals surface area (Å²) in [7, 11) is 0. The summed E-state index contributed by atoms with van der Waals surface area (Å²) in [5.74, 6) is 3.42. The Morgan fingerprint density at radius 2 is 1.89 bits per heavy atom. The van der Waals surface area contributed by atoms with E-state index in [1.165, 1.54) is 28.2 Å². The third-order valence-corrected chi connectivity index (χ3v) is 3.82. The molecule has 0 aliphatic heterocycles. The highest BCUT2D eigenvalue weighted by Gasteiger charge is 2.06.